The second-order valence-electron chi connectivity index (χ2n) is 5.20. The molecule has 0 spiro atoms. The van der Waals surface area contributed by atoms with Gasteiger partial charge in [0.2, 0.25) is 0 Å². The van der Waals surface area contributed by atoms with E-state index in [4.69, 9.17) is 0 Å². The Kier molecular flexibility index (Phi) is 4.77. The van der Waals surface area contributed by atoms with Crippen molar-refractivity contribution in [3.63, 3.8) is 0 Å². The Morgan fingerprint density at radius 1 is 1.48 bits per heavy atom. The average molecular weight is 368 g/mol. The van der Waals surface area contributed by atoms with Crippen molar-refractivity contribution >= 4 is 33.2 Å². The lowest BCUT2D eigenvalue weighted by Gasteiger charge is -2.25. The fourth-order valence-corrected chi connectivity index (χ4v) is 4.08. The van der Waals surface area contributed by atoms with E-state index >= 15 is 0 Å². The van der Waals surface area contributed by atoms with Gasteiger partial charge in [0.1, 0.15) is 5.69 Å². The number of halogens is 1. The van der Waals surface area contributed by atoms with Gasteiger partial charge < -0.3 is 15.2 Å². The highest BCUT2D eigenvalue weighted by molar-refractivity contribution is 9.10. The number of carbonyl (C=O) groups excluding carboxylic acids is 1. The van der Waals surface area contributed by atoms with Crippen molar-refractivity contribution in [2.24, 2.45) is 0 Å². The second kappa shape index (κ2) is 6.77. The number of hydrogen-bond donors (Lipinski definition) is 2. The number of nitrogens with one attached hydrogen (secondary N) is 2. The molecule has 0 bridgehead atoms. The Balaban J connectivity index is 1.65. The zero-order valence-corrected chi connectivity index (χ0v) is 14.0. The van der Waals surface area contributed by atoms with Crippen LogP contribution in [-0.4, -0.2) is 23.6 Å². The monoisotopic (exact) mass is 367 g/mol. The number of carbonyl (C=O) groups is 1. The maximum Gasteiger partial charge on any atom is 0.268 e. The minimum Gasteiger partial charge on any atom is -0.346 e. The van der Waals surface area contributed by atoms with E-state index in [-0.39, 0.29) is 5.91 Å². The van der Waals surface area contributed by atoms with Crippen molar-refractivity contribution in [3.8, 4) is 0 Å². The standard InChI is InChI=1S/C15H18BrN3OS/c16-11-8-13(21-10-11)9-18-15(20)14-2-1-7-19(14)12-3-5-17-6-4-12/h1-2,7-8,10,12,17H,3-6,9H2,(H,18,20). The summed E-state index contributed by atoms with van der Waals surface area (Å²) in [7, 11) is 0. The van der Waals surface area contributed by atoms with Crippen molar-refractivity contribution in [1.29, 1.82) is 0 Å². The molecule has 0 radical (unpaired) electrons. The lowest BCUT2D eigenvalue weighted by Crippen LogP contribution is -2.32. The van der Waals surface area contributed by atoms with E-state index in [1.807, 2.05) is 29.8 Å². The molecule has 0 atom stereocenters. The molecule has 4 nitrogen and oxygen atoms in total. The molecule has 0 unspecified atom stereocenters. The first kappa shape index (κ1) is 14.8. The summed E-state index contributed by atoms with van der Waals surface area (Å²) in [6, 6.07) is 6.33. The fourth-order valence-electron chi connectivity index (χ4n) is 2.69. The van der Waals surface area contributed by atoms with Crippen LogP contribution in [0.3, 0.4) is 0 Å². The molecule has 2 aromatic rings. The number of amides is 1. The molecule has 2 N–H and O–H groups in total. The molecule has 1 amide bonds. The third-order valence-electron chi connectivity index (χ3n) is 3.76. The van der Waals surface area contributed by atoms with Crippen LogP contribution in [0.1, 0.15) is 34.2 Å². The zero-order chi connectivity index (χ0) is 14.7. The van der Waals surface area contributed by atoms with Gasteiger partial charge in [0, 0.05) is 27.0 Å². The van der Waals surface area contributed by atoms with Gasteiger partial charge in [0.15, 0.2) is 0 Å². The Morgan fingerprint density at radius 3 is 3.00 bits per heavy atom. The SMILES string of the molecule is O=C(NCc1cc(Br)cs1)c1cccn1C1CCNCC1. The van der Waals surface area contributed by atoms with Gasteiger partial charge >= 0.3 is 0 Å². The van der Waals surface area contributed by atoms with Crippen LogP contribution in [0, 0.1) is 0 Å². The van der Waals surface area contributed by atoms with E-state index in [1.54, 1.807) is 11.3 Å². The number of thiophene rings is 1. The van der Waals surface area contributed by atoms with Gasteiger partial charge in [-0.05, 0) is 60.1 Å². The molecule has 112 valence electrons. The van der Waals surface area contributed by atoms with Crippen LogP contribution in [0.4, 0.5) is 0 Å². The normalized spacial score (nSPS) is 16.0. The second-order valence-corrected chi connectivity index (χ2v) is 7.11. The largest absolute Gasteiger partial charge is 0.346 e. The smallest absolute Gasteiger partial charge is 0.268 e. The van der Waals surface area contributed by atoms with Crippen LogP contribution >= 0.6 is 27.3 Å². The molecule has 21 heavy (non-hydrogen) atoms. The Bertz CT molecular complexity index is 616. The highest BCUT2D eigenvalue weighted by Crippen LogP contribution is 2.22. The van der Waals surface area contributed by atoms with E-state index in [0.717, 1.165) is 41.0 Å². The molecule has 2 aromatic heterocycles. The molecule has 1 aliphatic rings. The van der Waals surface area contributed by atoms with Gasteiger partial charge in [-0.1, -0.05) is 0 Å². The van der Waals surface area contributed by atoms with Gasteiger partial charge in [-0.25, -0.2) is 0 Å². The lowest BCUT2D eigenvalue weighted by molar-refractivity contribution is 0.0938. The topological polar surface area (TPSA) is 46.1 Å². The molecular weight excluding hydrogens is 350 g/mol. The molecule has 0 aliphatic carbocycles. The first-order chi connectivity index (χ1) is 10.2. The van der Waals surface area contributed by atoms with Crippen LogP contribution in [0.15, 0.2) is 34.2 Å². The summed E-state index contributed by atoms with van der Waals surface area (Å²) in [6.07, 6.45) is 4.17. The predicted molar refractivity (Wildman–Crippen MR) is 88.8 cm³/mol. The first-order valence-corrected chi connectivity index (χ1v) is 8.80. The molecule has 6 heteroatoms. The maximum absolute atomic E-state index is 12.4. The van der Waals surface area contributed by atoms with Crippen molar-refractivity contribution in [3.05, 3.63) is 44.8 Å². The molecule has 3 rings (SSSR count). The van der Waals surface area contributed by atoms with Gasteiger partial charge in [0.05, 0.1) is 6.54 Å². The molecule has 1 aliphatic heterocycles. The number of nitrogens with zero attached hydrogens (tertiary/aromatic N) is 1. The van der Waals surface area contributed by atoms with E-state index in [9.17, 15) is 4.79 Å². The van der Waals surface area contributed by atoms with Crippen molar-refractivity contribution in [2.75, 3.05) is 13.1 Å². The highest BCUT2D eigenvalue weighted by atomic mass is 79.9. The van der Waals surface area contributed by atoms with E-state index in [1.165, 1.54) is 0 Å². The van der Waals surface area contributed by atoms with Crippen molar-refractivity contribution in [2.45, 2.75) is 25.4 Å². The summed E-state index contributed by atoms with van der Waals surface area (Å²) in [5, 5.41) is 8.39. The van der Waals surface area contributed by atoms with Gasteiger partial charge in [0.25, 0.3) is 5.91 Å². The highest BCUT2D eigenvalue weighted by Gasteiger charge is 2.19. The Morgan fingerprint density at radius 2 is 2.29 bits per heavy atom. The van der Waals surface area contributed by atoms with Crippen LogP contribution < -0.4 is 10.6 Å². The third-order valence-corrected chi connectivity index (χ3v) is 5.46. The van der Waals surface area contributed by atoms with E-state index in [2.05, 4.69) is 31.1 Å². The Labute approximate surface area is 136 Å². The molecule has 1 fully saturated rings. The summed E-state index contributed by atoms with van der Waals surface area (Å²) in [5.41, 5.74) is 0.762. The summed E-state index contributed by atoms with van der Waals surface area (Å²) in [5.74, 6) is 0.00283. The summed E-state index contributed by atoms with van der Waals surface area (Å²) < 4.78 is 3.19. The number of aromatic nitrogens is 1. The quantitative estimate of drug-likeness (QED) is 0.871. The number of hydrogen-bond acceptors (Lipinski definition) is 3. The minimum atomic E-state index is 0.00283. The van der Waals surface area contributed by atoms with Crippen molar-refractivity contribution < 1.29 is 4.79 Å². The first-order valence-electron chi connectivity index (χ1n) is 7.13. The number of piperidine rings is 1. The summed E-state index contributed by atoms with van der Waals surface area (Å²) >= 11 is 5.07. The van der Waals surface area contributed by atoms with Gasteiger partial charge in [-0.15, -0.1) is 11.3 Å². The predicted octanol–water partition coefficient (Wildman–Crippen LogP) is 3.17. The van der Waals surface area contributed by atoms with E-state index in [0.29, 0.717) is 12.6 Å². The summed E-state index contributed by atoms with van der Waals surface area (Å²) in [6.45, 7) is 2.62. The third kappa shape index (κ3) is 3.56. The fraction of sp³-hybridized carbons (Fsp3) is 0.400. The molecule has 0 saturated carbocycles. The Hall–Kier alpha value is -1.11. The van der Waals surface area contributed by atoms with Crippen LogP contribution in [0.25, 0.3) is 0 Å². The van der Waals surface area contributed by atoms with Gasteiger partial charge in [-0.3, -0.25) is 4.79 Å². The summed E-state index contributed by atoms with van der Waals surface area (Å²) in [4.78, 5) is 13.5. The molecule has 1 saturated heterocycles. The van der Waals surface area contributed by atoms with E-state index < -0.39 is 0 Å². The van der Waals surface area contributed by atoms with Crippen LogP contribution in [0.5, 0.6) is 0 Å². The van der Waals surface area contributed by atoms with Crippen LogP contribution in [0.2, 0.25) is 0 Å². The van der Waals surface area contributed by atoms with Crippen LogP contribution in [-0.2, 0) is 6.54 Å². The van der Waals surface area contributed by atoms with Crippen molar-refractivity contribution in [1.82, 2.24) is 15.2 Å². The molecular formula is C15H18BrN3OS. The average Bonchev–Trinajstić information content (AvgIpc) is 3.14. The number of rotatable bonds is 4. The van der Waals surface area contributed by atoms with Gasteiger partial charge in [-0.2, -0.15) is 0 Å². The molecule has 0 aromatic carbocycles. The lowest BCUT2D eigenvalue weighted by atomic mass is 10.1. The zero-order valence-electron chi connectivity index (χ0n) is 11.6. The maximum atomic E-state index is 12.4. The molecule has 3 heterocycles. The minimum absolute atomic E-state index is 0.00283.